The first-order chi connectivity index (χ1) is 12.3. The summed E-state index contributed by atoms with van der Waals surface area (Å²) in [5.74, 6) is 2.23. The van der Waals surface area contributed by atoms with Crippen molar-refractivity contribution in [1.29, 1.82) is 0 Å². The van der Waals surface area contributed by atoms with Crippen LogP contribution in [0.3, 0.4) is 0 Å². The highest BCUT2D eigenvalue weighted by Crippen LogP contribution is 2.24. The number of ether oxygens (including phenoxy) is 2. The predicted molar refractivity (Wildman–Crippen MR) is 98.6 cm³/mol. The molecule has 0 N–H and O–H groups in total. The van der Waals surface area contributed by atoms with Gasteiger partial charge in [0.1, 0.15) is 17.8 Å². The van der Waals surface area contributed by atoms with Crippen LogP contribution >= 0.6 is 11.8 Å². The summed E-state index contributed by atoms with van der Waals surface area (Å²) in [4.78, 5) is 0. The largest absolute Gasteiger partial charge is 0.497 e. The van der Waals surface area contributed by atoms with E-state index in [0.717, 1.165) is 22.2 Å². The second kappa shape index (κ2) is 8.34. The summed E-state index contributed by atoms with van der Waals surface area (Å²) < 4.78 is 12.2. The molecule has 0 spiro atoms. The number of hydrogen-bond donors (Lipinski definition) is 0. The standard InChI is InChI=1S/C18H18N4O2S/c1-23-16-9-8-15(17(10-16)24-2)11-20-22-13-19-21-18(22)25-12-14-6-4-3-5-7-14/h3-11,13H,12H2,1-2H3/b20-11+. The van der Waals surface area contributed by atoms with E-state index in [9.17, 15) is 0 Å². The first-order valence-corrected chi connectivity index (χ1v) is 8.62. The molecule has 0 saturated carbocycles. The predicted octanol–water partition coefficient (Wildman–Crippen LogP) is 3.47. The van der Waals surface area contributed by atoms with E-state index in [1.165, 1.54) is 5.56 Å². The minimum Gasteiger partial charge on any atom is -0.497 e. The zero-order valence-corrected chi connectivity index (χ0v) is 14.8. The van der Waals surface area contributed by atoms with Crippen LogP contribution < -0.4 is 9.47 Å². The van der Waals surface area contributed by atoms with E-state index in [-0.39, 0.29) is 0 Å². The van der Waals surface area contributed by atoms with Crippen molar-refractivity contribution in [3.8, 4) is 11.5 Å². The number of benzene rings is 2. The van der Waals surface area contributed by atoms with E-state index in [0.29, 0.717) is 5.75 Å². The van der Waals surface area contributed by atoms with E-state index in [4.69, 9.17) is 9.47 Å². The number of methoxy groups -OCH3 is 2. The maximum Gasteiger partial charge on any atom is 0.212 e. The second-order valence-electron chi connectivity index (χ2n) is 5.08. The number of nitrogens with zero attached hydrogens (tertiary/aromatic N) is 4. The molecular formula is C18H18N4O2S. The van der Waals surface area contributed by atoms with Gasteiger partial charge >= 0.3 is 0 Å². The lowest BCUT2D eigenvalue weighted by atomic mass is 10.2. The van der Waals surface area contributed by atoms with Crippen LogP contribution in [0.2, 0.25) is 0 Å². The Morgan fingerprint density at radius 2 is 1.96 bits per heavy atom. The van der Waals surface area contributed by atoms with Gasteiger partial charge in [-0.05, 0) is 17.7 Å². The Kier molecular flexibility index (Phi) is 5.69. The van der Waals surface area contributed by atoms with Crippen LogP contribution in [0.25, 0.3) is 0 Å². The van der Waals surface area contributed by atoms with Crippen LogP contribution in [0.15, 0.2) is 65.1 Å². The Morgan fingerprint density at radius 1 is 1.12 bits per heavy atom. The van der Waals surface area contributed by atoms with Crippen molar-refractivity contribution in [2.24, 2.45) is 5.10 Å². The van der Waals surface area contributed by atoms with Gasteiger partial charge in [0, 0.05) is 17.4 Å². The molecule has 0 atom stereocenters. The molecular weight excluding hydrogens is 336 g/mol. The van der Waals surface area contributed by atoms with E-state index < -0.39 is 0 Å². The molecule has 1 heterocycles. The fourth-order valence-corrected chi connectivity index (χ4v) is 2.98. The fraction of sp³-hybridized carbons (Fsp3) is 0.167. The van der Waals surface area contributed by atoms with E-state index in [1.807, 2.05) is 36.4 Å². The van der Waals surface area contributed by atoms with Crippen molar-refractivity contribution >= 4 is 18.0 Å². The molecule has 2 aromatic carbocycles. The molecule has 3 aromatic rings. The molecule has 128 valence electrons. The van der Waals surface area contributed by atoms with Gasteiger partial charge in [0.2, 0.25) is 5.16 Å². The SMILES string of the molecule is COc1ccc(/C=N/n2cnnc2SCc2ccccc2)c(OC)c1. The Labute approximate surface area is 150 Å². The lowest BCUT2D eigenvalue weighted by molar-refractivity contribution is 0.394. The number of thioether (sulfide) groups is 1. The van der Waals surface area contributed by atoms with Crippen LogP contribution in [-0.2, 0) is 5.75 Å². The Bertz CT molecular complexity index is 849. The van der Waals surface area contributed by atoms with Crippen LogP contribution in [0.4, 0.5) is 0 Å². The zero-order chi connectivity index (χ0) is 17.5. The van der Waals surface area contributed by atoms with Gasteiger partial charge in [-0.3, -0.25) is 0 Å². The minimum atomic E-state index is 0.690. The molecule has 0 bridgehead atoms. The highest BCUT2D eigenvalue weighted by molar-refractivity contribution is 7.98. The maximum absolute atomic E-state index is 5.38. The molecule has 6 nitrogen and oxygen atoms in total. The van der Waals surface area contributed by atoms with Gasteiger partial charge in [0.05, 0.1) is 20.4 Å². The number of hydrogen-bond acceptors (Lipinski definition) is 6. The molecule has 0 radical (unpaired) electrons. The molecule has 0 aliphatic rings. The normalized spacial score (nSPS) is 11.0. The van der Waals surface area contributed by atoms with Crippen LogP contribution in [-0.4, -0.2) is 35.3 Å². The summed E-state index contributed by atoms with van der Waals surface area (Å²) in [5.41, 5.74) is 2.07. The Morgan fingerprint density at radius 3 is 2.72 bits per heavy atom. The topological polar surface area (TPSA) is 61.5 Å². The minimum absolute atomic E-state index is 0.690. The highest BCUT2D eigenvalue weighted by atomic mass is 32.2. The van der Waals surface area contributed by atoms with E-state index in [1.54, 1.807) is 43.2 Å². The average Bonchev–Trinajstić information content (AvgIpc) is 3.12. The summed E-state index contributed by atoms with van der Waals surface area (Å²) in [7, 11) is 3.24. The maximum atomic E-state index is 5.38. The third kappa shape index (κ3) is 4.39. The molecule has 0 saturated heterocycles. The molecule has 25 heavy (non-hydrogen) atoms. The van der Waals surface area contributed by atoms with Crippen molar-refractivity contribution in [3.05, 3.63) is 66.0 Å². The lowest BCUT2D eigenvalue weighted by Crippen LogP contribution is -1.96. The van der Waals surface area contributed by atoms with Gasteiger partial charge in [-0.2, -0.15) is 9.78 Å². The van der Waals surface area contributed by atoms with Gasteiger partial charge in [-0.15, -0.1) is 10.2 Å². The first kappa shape index (κ1) is 17.0. The van der Waals surface area contributed by atoms with E-state index >= 15 is 0 Å². The van der Waals surface area contributed by atoms with Gasteiger partial charge in [-0.25, -0.2) is 0 Å². The average molecular weight is 354 g/mol. The molecule has 0 fully saturated rings. The fourth-order valence-electron chi connectivity index (χ4n) is 2.17. The lowest BCUT2D eigenvalue weighted by Gasteiger charge is -2.07. The molecule has 3 rings (SSSR count). The van der Waals surface area contributed by atoms with Crippen LogP contribution in [0.5, 0.6) is 11.5 Å². The Hall–Kier alpha value is -2.80. The third-order valence-electron chi connectivity index (χ3n) is 3.47. The van der Waals surface area contributed by atoms with Crippen LogP contribution in [0, 0.1) is 0 Å². The van der Waals surface area contributed by atoms with Crippen LogP contribution in [0.1, 0.15) is 11.1 Å². The summed E-state index contributed by atoms with van der Waals surface area (Å²) in [5, 5.41) is 13.2. The molecule has 0 aliphatic carbocycles. The smallest absolute Gasteiger partial charge is 0.212 e. The molecule has 7 heteroatoms. The second-order valence-corrected chi connectivity index (χ2v) is 6.03. The summed E-state index contributed by atoms with van der Waals surface area (Å²) in [6, 6.07) is 15.8. The van der Waals surface area contributed by atoms with Crippen molar-refractivity contribution in [3.63, 3.8) is 0 Å². The van der Waals surface area contributed by atoms with Crippen molar-refractivity contribution in [2.45, 2.75) is 10.9 Å². The quantitative estimate of drug-likeness (QED) is 0.480. The third-order valence-corrected chi connectivity index (χ3v) is 4.48. The molecule has 0 amide bonds. The summed E-state index contributed by atoms with van der Waals surface area (Å²) in [6.45, 7) is 0. The van der Waals surface area contributed by atoms with Gasteiger partial charge in [0.25, 0.3) is 0 Å². The highest BCUT2D eigenvalue weighted by Gasteiger charge is 2.06. The van der Waals surface area contributed by atoms with E-state index in [2.05, 4.69) is 27.4 Å². The molecule has 0 aliphatic heterocycles. The van der Waals surface area contributed by atoms with Gasteiger partial charge < -0.3 is 9.47 Å². The zero-order valence-electron chi connectivity index (χ0n) is 14.0. The van der Waals surface area contributed by atoms with Gasteiger partial charge in [0.15, 0.2) is 0 Å². The van der Waals surface area contributed by atoms with Crippen molar-refractivity contribution < 1.29 is 9.47 Å². The Balaban J connectivity index is 1.73. The molecule has 0 unspecified atom stereocenters. The van der Waals surface area contributed by atoms with Crippen molar-refractivity contribution in [1.82, 2.24) is 14.9 Å². The number of aromatic nitrogens is 3. The first-order valence-electron chi connectivity index (χ1n) is 7.63. The summed E-state index contributed by atoms with van der Waals surface area (Å²) in [6.07, 6.45) is 3.30. The monoisotopic (exact) mass is 354 g/mol. The van der Waals surface area contributed by atoms with Gasteiger partial charge in [-0.1, -0.05) is 42.1 Å². The number of rotatable bonds is 7. The summed E-state index contributed by atoms with van der Waals surface area (Å²) >= 11 is 1.58. The van der Waals surface area contributed by atoms with Crippen molar-refractivity contribution in [2.75, 3.05) is 14.2 Å². The molecule has 1 aromatic heterocycles.